The maximum atomic E-state index is 12.2. The summed E-state index contributed by atoms with van der Waals surface area (Å²) in [7, 11) is -3.67. The van der Waals surface area contributed by atoms with Gasteiger partial charge < -0.3 is 4.84 Å². The Morgan fingerprint density at radius 2 is 1.61 bits per heavy atom. The summed E-state index contributed by atoms with van der Waals surface area (Å²) in [5.41, 5.74) is 0.255. The number of imide groups is 1. The van der Waals surface area contributed by atoms with Gasteiger partial charge in [0.05, 0.1) is 17.4 Å². The quantitative estimate of drug-likeness (QED) is 0.773. The first-order chi connectivity index (χ1) is 10.6. The summed E-state index contributed by atoms with van der Waals surface area (Å²) in [6.07, 6.45) is 0.900. The van der Waals surface area contributed by atoms with Crippen LogP contribution in [0.2, 0.25) is 0 Å². The molecule has 1 unspecified atom stereocenters. The molecule has 2 amide bonds. The van der Waals surface area contributed by atoms with E-state index in [0.29, 0.717) is 5.06 Å². The maximum Gasteiger partial charge on any atom is 0.351 e. The zero-order chi connectivity index (χ0) is 17.4. The first-order valence-electron chi connectivity index (χ1n) is 6.78. The third-order valence-electron chi connectivity index (χ3n) is 3.20. The van der Waals surface area contributed by atoms with Crippen LogP contribution in [-0.4, -0.2) is 43.6 Å². The van der Waals surface area contributed by atoms with Crippen molar-refractivity contribution >= 4 is 27.8 Å². The summed E-state index contributed by atoms with van der Waals surface area (Å²) < 4.78 is 24.8. The van der Waals surface area contributed by atoms with E-state index in [4.69, 9.17) is 4.84 Å². The number of hydrogen-bond donors (Lipinski definition) is 1. The minimum atomic E-state index is -3.67. The van der Waals surface area contributed by atoms with Crippen LogP contribution >= 0.6 is 0 Å². The van der Waals surface area contributed by atoms with Crippen molar-refractivity contribution < 1.29 is 27.6 Å². The number of carbonyl (C=O) groups excluding carboxylic acids is 3. The fraction of sp³-hybridized carbons (Fsp3) is 0.357. The molecule has 1 aromatic rings. The molecule has 0 spiro atoms. The molecule has 0 saturated carbocycles. The van der Waals surface area contributed by atoms with Gasteiger partial charge >= 0.3 is 5.97 Å². The molecule has 0 radical (unpaired) electrons. The number of fused-ring (bicyclic) bond motifs is 1. The number of nitrogens with one attached hydrogen (secondary N) is 1. The minimum absolute atomic E-state index is 0.127. The third kappa shape index (κ3) is 3.57. The Kier molecular flexibility index (Phi) is 4.53. The molecule has 1 aliphatic rings. The summed E-state index contributed by atoms with van der Waals surface area (Å²) >= 11 is 0. The van der Waals surface area contributed by atoms with Crippen LogP contribution < -0.4 is 4.72 Å². The second-order valence-electron chi connectivity index (χ2n) is 5.47. The van der Waals surface area contributed by atoms with Gasteiger partial charge in [-0.1, -0.05) is 31.0 Å². The lowest BCUT2D eigenvalue weighted by molar-refractivity contribution is -0.171. The summed E-state index contributed by atoms with van der Waals surface area (Å²) in [5, 5.41) is 0.354. The third-order valence-corrected chi connectivity index (χ3v) is 3.88. The average Bonchev–Trinajstić information content (AvgIpc) is 2.69. The summed E-state index contributed by atoms with van der Waals surface area (Å²) in [5.74, 6) is -2.99. The molecule has 0 aliphatic carbocycles. The first-order valence-corrected chi connectivity index (χ1v) is 8.68. The largest absolute Gasteiger partial charge is 0.351 e. The lowest BCUT2D eigenvalue weighted by Gasteiger charge is -2.21. The van der Waals surface area contributed by atoms with Crippen molar-refractivity contribution in [1.82, 2.24) is 9.79 Å². The van der Waals surface area contributed by atoms with E-state index in [1.54, 1.807) is 26.0 Å². The fourth-order valence-corrected chi connectivity index (χ4v) is 2.91. The molecule has 0 saturated heterocycles. The van der Waals surface area contributed by atoms with Crippen molar-refractivity contribution in [1.29, 1.82) is 0 Å². The molecule has 1 N–H and O–H groups in total. The molecule has 8 nitrogen and oxygen atoms in total. The van der Waals surface area contributed by atoms with Crippen molar-refractivity contribution in [3.8, 4) is 0 Å². The van der Waals surface area contributed by atoms with Gasteiger partial charge in [0, 0.05) is 0 Å². The number of amides is 2. The van der Waals surface area contributed by atoms with Crippen LogP contribution in [0.4, 0.5) is 0 Å². The van der Waals surface area contributed by atoms with Crippen LogP contribution in [0.5, 0.6) is 0 Å². The monoisotopic (exact) mass is 340 g/mol. The Labute approximate surface area is 133 Å². The van der Waals surface area contributed by atoms with E-state index in [0.717, 1.165) is 6.26 Å². The van der Waals surface area contributed by atoms with Crippen LogP contribution in [0, 0.1) is 5.92 Å². The minimum Gasteiger partial charge on any atom is -0.328 e. The van der Waals surface area contributed by atoms with Gasteiger partial charge in [0.15, 0.2) is 0 Å². The average molecular weight is 340 g/mol. The smallest absolute Gasteiger partial charge is 0.328 e. The van der Waals surface area contributed by atoms with Gasteiger partial charge in [0.1, 0.15) is 6.04 Å². The molecule has 1 heterocycles. The number of hydroxylamine groups is 2. The molecule has 0 fully saturated rings. The highest BCUT2D eigenvalue weighted by Crippen LogP contribution is 2.23. The van der Waals surface area contributed by atoms with Gasteiger partial charge in [0.2, 0.25) is 10.0 Å². The number of hydrogen-bond acceptors (Lipinski definition) is 6. The topological polar surface area (TPSA) is 110 Å². The number of sulfonamides is 1. The van der Waals surface area contributed by atoms with E-state index in [1.807, 2.05) is 0 Å². The highest BCUT2D eigenvalue weighted by molar-refractivity contribution is 7.88. The zero-order valence-electron chi connectivity index (χ0n) is 12.8. The van der Waals surface area contributed by atoms with Crippen LogP contribution in [0.1, 0.15) is 34.6 Å². The van der Waals surface area contributed by atoms with E-state index < -0.39 is 39.8 Å². The Hall–Kier alpha value is -2.26. The molecule has 1 atom stereocenters. The molecule has 9 heteroatoms. The number of nitrogens with zero attached hydrogens (tertiary/aromatic N) is 1. The fourth-order valence-electron chi connectivity index (χ4n) is 2.08. The SMILES string of the molecule is CC(C)C(NS(C)(=O)=O)C(=O)ON1C(=O)c2ccccc2C1=O. The highest BCUT2D eigenvalue weighted by Gasteiger charge is 2.40. The molecule has 124 valence electrons. The number of rotatable bonds is 5. The summed E-state index contributed by atoms with van der Waals surface area (Å²) in [6, 6.07) is 4.83. The zero-order valence-corrected chi connectivity index (χ0v) is 13.6. The Morgan fingerprint density at radius 3 is 2.00 bits per heavy atom. The van der Waals surface area contributed by atoms with Gasteiger partial charge in [-0.25, -0.2) is 17.9 Å². The second kappa shape index (κ2) is 6.09. The lowest BCUT2D eigenvalue weighted by atomic mass is 10.1. The van der Waals surface area contributed by atoms with Crippen molar-refractivity contribution in [3.63, 3.8) is 0 Å². The first kappa shape index (κ1) is 17.1. The summed E-state index contributed by atoms with van der Waals surface area (Å²) in [6.45, 7) is 3.21. The van der Waals surface area contributed by atoms with Crippen LogP contribution in [0.25, 0.3) is 0 Å². The van der Waals surface area contributed by atoms with Gasteiger partial charge in [0.25, 0.3) is 11.8 Å². The molecule has 23 heavy (non-hydrogen) atoms. The predicted molar refractivity (Wildman–Crippen MR) is 79.6 cm³/mol. The molecule has 2 rings (SSSR count). The van der Waals surface area contributed by atoms with Gasteiger partial charge in [-0.3, -0.25) is 9.59 Å². The molecule has 1 aliphatic heterocycles. The Bertz CT molecular complexity index is 736. The molecule has 0 aromatic heterocycles. The molecular formula is C14H16N2O6S. The van der Waals surface area contributed by atoms with E-state index >= 15 is 0 Å². The lowest BCUT2D eigenvalue weighted by Crippen LogP contribution is -2.47. The predicted octanol–water partition coefficient (Wildman–Crippen LogP) is 0.315. The standard InChI is InChI=1S/C14H16N2O6S/c1-8(2)11(15-23(3,20)21)14(19)22-16-12(17)9-6-4-5-7-10(9)13(16)18/h4-8,11,15H,1-3H3. The van der Waals surface area contributed by atoms with E-state index in [-0.39, 0.29) is 11.1 Å². The number of carbonyl (C=O) groups is 3. The van der Waals surface area contributed by atoms with Crippen LogP contribution in [0.3, 0.4) is 0 Å². The van der Waals surface area contributed by atoms with Crippen molar-refractivity contribution in [2.75, 3.05) is 6.26 Å². The maximum absolute atomic E-state index is 12.2. The highest BCUT2D eigenvalue weighted by atomic mass is 32.2. The Morgan fingerprint density at radius 1 is 1.13 bits per heavy atom. The van der Waals surface area contributed by atoms with Gasteiger partial charge in [-0.05, 0) is 18.1 Å². The number of benzene rings is 1. The van der Waals surface area contributed by atoms with Gasteiger partial charge in [-0.2, -0.15) is 0 Å². The summed E-state index contributed by atoms with van der Waals surface area (Å²) in [4.78, 5) is 41.2. The molecule has 1 aromatic carbocycles. The van der Waals surface area contributed by atoms with Gasteiger partial charge in [-0.15, -0.1) is 0 Å². The van der Waals surface area contributed by atoms with E-state index in [1.165, 1.54) is 12.1 Å². The van der Waals surface area contributed by atoms with Crippen molar-refractivity contribution in [2.24, 2.45) is 5.92 Å². The van der Waals surface area contributed by atoms with Crippen molar-refractivity contribution in [3.05, 3.63) is 35.4 Å². The second-order valence-corrected chi connectivity index (χ2v) is 7.25. The molecule has 0 bridgehead atoms. The van der Waals surface area contributed by atoms with Crippen LogP contribution in [0.15, 0.2) is 24.3 Å². The van der Waals surface area contributed by atoms with E-state index in [2.05, 4.69) is 4.72 Å². The van der Waals surface area contributed by atoms with Crippen LogP contribution in [-0.2, 0) is 19.7 Å². The van der Waals surface area contributed by atoms with E-state index in [9.17, 15) is 22.8 Å². The normalized spacial score (nSPS) is 15.7. The van der Waals surface area contributed by atoms with Crippen molar-refractivity contribution in [2.45, 2.75) is 19.9 Å². The molecular weight excluding hydrogens is 324 g/mol. The Balaban J connectivity index is 2.20.